The van der Waals surface area contributed by atoms with Crippen LogP contribution in [0.5, 0.6) is 0 Å². The van der Waals surface area contributed by atoms with Crippen LogP contribution in [-0.2, 0) is 6.42 Å². The zero-order valence-corrected chi connectivity index (χ0v) is 12.8. The van der Waals surface area contributed by atoms with Crippen molar-refractivity contribution in [3.8, 4) is 10.8 Å². The third-order valence-electron chi connectivity index (χ3n) is 3.88. The number of hydrogen-bond acceptors (Lipinski definition) is 4. The topological polar surface area (TPSA) is 46.3 Å². The van der Waals surface area contributed by atoms with Crippen molar-refractivity contribution in [2.24, 2.45) is 0 Å². The van der Waals surface area contributed by atoms with E-state index < -0.39 is 0 Å². The Balaban J connectivity index is 1.68. The van der Waals surface area contributed by atoms with Gasteiger partial charge in [-0.15, -0.1) is 11.3 Å². The van der Waals surface area contributed by atoms with Gasteiger partial charge >= 0.3 is 0 Å². The number of hydrogen-bond donors (Lipinski definition) is 0. The average Bonchev–Trinajstić information content (AvgIpc) is 3.25. The minimum absolute atomic E-state index is 0.0495. The summed E-state index contributed by atoms with van der Waals surface area (Å²) in [5.74, 6) is 0.644. The first-order valence-electron chi connectivity index (χ1n) is 7.15. The minimum Gasteiger partial charge on any atom is -0.462 e. The molecule has 22 heavy (non-hydrogen) atoms. The fraction of sp³-hybridized carbons (Fsp3) is 0.176. The summed E-state index contributed by atoms with van der Waals surface area (Å²) in [7, 11) is 0. The number of para-hydroxylation sites is 1. The molecule has 4 rings (SSSR count). The third-order valence-corrected chi connectivity index (χ3v) is 4.74. The highest BCUT2D eigenvalue weighted by atomic mass is 32.1. The fourth-order valence-electron chi connectivity index (χ4n) is 2.88. The van der Waals surface area contributed by atoms with E-state index >= 15 is 0 Å². The highest BCUT2D eigenvalue weighted by Crippen LogP contribution is 2.33. The van der Waals surface area contributed by atoms with Gasteiger partial charge in [0.15, 0.2) is 10.8 Å². The number of furan rings is 1. The van der Waals surface area contributed by atoms with Gasteiger partial charge in [-0.25, -0.2) is 4.98 Å². The van der Waals surface area contributed by atoms with Crippen molar-refractivity contribution in [3.05, 3.63) is 59.3 Å². The Hall–Kier alpha value is -2.40. The third kappa shape index (κ3) is 2.05. The second-order valence-electron chi connectivity index (χ2n) is 5.37. The van der Waals surface area contributed by atoms with Crippen molar-refractivity contribution in [3.63, 3.8) is 0 Å². The van der Waals surface area contributed by atoms with Gasteiger partial charge in [0.1, 0.15) is 5.69 Å². The van der Waals surface area contributed by atoms with Crippen molar-refractivity contribution < 1.29 is 9.21 Å². The van der Waals surface area contributed by atoms with E-state index in [1.807, 2.05) is 35.2 Å². The highest BCUT2D eigenvalue weighted by molar-refractivity contribution is 7.13. The molecule has 1 aliphatic rings. The summed E-state index contributed by atoms with van der Waals surface area (Å²) >= 11 is 1.42. The number of thiazole rings is 1. The standard InChI is InChI=1S/C17H14N2O2S/c1-11-9-12-5-2-3-6-14(12)19(11)17(20)13-10-22-16(18-13)15-7-4-8-21-15/h2-8,10-11H,9H2,1H3. The molecule has 1 amide bonds. The van der Waals surface area contributed by atoms with E-state index in [1.165, 1.54) is 16.9 Å². The van der Waals surface area contributed by atoms with Crippen LogP contribution in [0, 0.1) is 0 Å². The molecule has 0 fully saturated rings. The molecule has 0 bridgehead atoms. The first-order chi connectivity index (χ1) is 10.7. The number of benzene rings is 1. The molecule has 1 unspecified atom stereocenters. The molecule has 0 radical (unpaired) electrons. The van der Waals surface area contributed by atoms with Gasteiger partial charge in [0, 0.05) is 17.1 Å². The van der Waals surface area contributed by atoms with Crippen molar-refractivity contribution in [2.45, 2.75) is 19.4 Å². The van der Waals surface area contributed by atoms with Crippen molar-refractivity contribution in [2.75, 3.05) is 4.90 Å². The lowest BCUT2D eigenvalue weighted by molar-refractivity contribution is 0.0977. The molecule has 0 saturated heterocycles. The summed E-state index contributed by atoms with van der Waals surface area (Å²) in [5, 5.41) is 2.53. The number of rotatable bonds is 2. The molecule has 3 heterocycles. The van der Waals surface area contributed by atoms with Gasteiger partial charge in [-0.3, -0.25) is 4.79 Å². The SMILES string of the molecule is CC1Cc2ccccc2N1C(=O)c1csc(-c2ccco2)n1. The van der Waals surface area contributed by atoms with Crippen molar-refractivity contribution in [1.29, 1.82) is 0 Å². The Morgan fingerprint density at radius 2 is 2.18 bits per heavy atom. The van der Waals surface area contributed by atoms with Crippen LogP contribution >= 0.6 is 11.3 Å². The average molecular weight is 310 g/mol. The zero-order chi connectivity index (χ0) is 15.1. The summed E-state index contributed by atoms with van der Waals surface area (Å²) in [6.07, 6.45) is 2.49. The zero-order valence-electron chi connectivity index (χ0n) is 12.0. The van der Waals surface area contributed by atoms with Gasteiger partial charge in [-0.1, -0.05) is 18.2 Å². The van der Waals surface area contributed by atoms with Gasteiger partial charge in [0.25, 0.3) is 5.91 Å². The Bertz CT molecular complexity index is 823. The Kier molecular flexibility index (Phi) is 3.08. The summed E-state index contributed by atoms with van der Waals surface area (Å²) < 4.78 is 5.34. The molecule has 4 nitrogen and oxygen atoms in total. The summed E-state index contributed by atoms with van der Waals surface area (Å²) in [5.41, 5.74) is 2.68. The lowest BCUT2D eigenvalue weighted by Gasteiger charge is -2.21. The van der Waals surface area contributed by atoms with Crippen LogP contribution in [0.4, 0.5) is 5.69 Å². The Morgan fingerprint density at radius 3 is 3.00 bits per heavy atom. The number of nitrogens with zero attached hydrogens (tertiary/aromatic N) is 2. The number of carbonyl (C=O) groups excluding carboxylic acids is 1. The van der Waals surface area contributed by atoms with E-state index in [1.54, 1.807) is 11.6 Å². The molecule has 1 aromatic carbocycles. The molecule has 1 aliphatic heterocycles. The van der Waals surface area contributed by atoms with Crippen LogP contribution in [0.15, 0.2) is 52.5 Å². The number of fused-ring (bicyclic) bond motifs is 1. The summed E-state index contributed by atoms with van der Waals surface area (Å²) in [6.45, 7) is 2.07. The van der Waals surface area contributed by atoms with Gasteiger partial charge in [0.05, 0.1) is 6.26 Å². The smallest absolute Gasteiger partial charge is 0.278 e. The second-order valence-corrected chi connectivity index (χ2v) is 6.23. The quantitative estimate of drug-likeness (QED) is 0.719. The van der Waals surface area contributed by atoms with E-state index in [-0.39, 0.29) is 11.9 Å². The fourth-order valence-corrected chi connectivity index (χ4v) is 3.64. The Morgan fingerprint density at radius 1 is 1.32 bits per heavy atom. The first kappa shape index (κ1) is 13.3. The van der Waals surface area contributed by atoms with Crippen LogP contribution in [0.1, 0.15) is 23.0 Å². The number of carbonyl (C=O) groups is 1. The molecule has 5 heteroatoms. The Labute approximate surface area is 132 Å². The predicted octanol–water partition coefficient (Wildman–Crippen LogP) is 3.99. The molecule has 0 saturated carbocycles. The maximum Gasteiger partial charge on any atom is 0.278 e. The van der Waals surface area contributed by atoms with Gasteiger partial charge < -0.3 is 9.32 Å². The molecule has 3 aromatic rings. The van der Waals surface area contributed by atoms with E-state index in [0.717, 1.165) is 17.1 Å². The van der Waals surface area contributed by atoms with Crippen LogP contribution < -0.4 is 4.90 Å². The molecular weight excluding hydrogens is 296 g/mol. The largest absolute Gasteiger partial charge is 0.462 e. The molecule has 1 atom stereocenters. The lowest BCUT2D eigenvalue weighted by atomic mass is 10.1. The van der Waals surface area contributed by atoms with Gasteiger partial charge in [0.2, 0.25) is 0 Å². The number of aromatic nitrogens is 1. The molecule has 0 spiro atoms. The maximum absolute atomic E-state index is 12.8. The second kappa shape index (κ2) is 5.10. The molecule has 0 N–H and O–H groups in total. The van der Waals surface area contributed by atoms with Crippen LogP contribution in [0.3, 0.4) is 0 Å². The lowest BCUT2D eigenvalue weighted by Crippen LogP contribution is -2.35. The van der Waals surface area contributed by atoms with Crippen LogP contribution in [0.25, 0.3) is 10.8 Å². The van der Waals surface area contributed by atoms with Crippen LogP contribution in [-0.4, -0.2) is 16.9 Å². The van der Waals surface area contributed by atoms with Gasteiger partial charge in [-0.05, 0) is 37.1 Å². The first-order valence-corrected chi connectivity index (χ1v) is 8.03. The number of amides is 1. The van der Waals surface area contributed by atoms with E-state index in [4.69, 9.17) is 4.42 Å². The molecular formula is C17H14N2O2S. The summed E-state index contributed by atoms with van der Waals surface area (Å²) in [6, 6.07) is 11.9. The molecule has 110 valence electrons. The van der Waals surface area contributed by atoms with Crippen molar-refractivity contribution >= 4 is 22.9 Å². The van der Waals surface area contributed by atoms with E-state index in [0.29, 0.717) is 11.5 Å². The minimum atomic E-state index is -0.0495. The van der Waals surface area contributed by atoms with E-state index in [9.17, 15) is 4.79 Å². The van der Waals surface area contributed by atoms with Gasteiger partial charge in [-0.2, -0.15) is 0 Å². The monoisotopic (exact) mass is 310 g/mol. The van der Waals surface area contributed by atoms with Crippen molar-refractivity contribution in [1.82, 2.24) is 4.98 Å². The normalized spacial score (nSPS) is 16.8. The molecule has 2 aromatic heterocycles. The predicted molar refractivity (Wildman–Crippen MR) is 86.2 cm³/mol. The van der Waals surface area contributed by atoms with E-state index in [2.05, 4.69) is 18.0 Å². The molecule has 0 aliphatic carbocycles. The summed E-state index contributed by atoms with van der Waals surface area (Å²) in [4.78, 5) is 19.1. The maximum atomic E-state index is 12.8. The number of anilines is 1. The highest BCUT2D eigenvalue weighted by Gasteiger charge is 2.32. The van der Waals surface area contributed by atoms with Crippen LogP contribution in [0.2, 0.25) is 0 Å².